The summed E-state index contributed by atoms with van der Waals surface area (Å²) in [5, 5.41) is 3.58. The highest BCUT2D eigenvalue weighted by molar-refractivity contribution is 7.92. The smallest absolute Gasteiger partial charge is 0.243 e. The number of amides is 2. The normalized spacial score (nSPS) is 12.8. The molecule has 3 aromatic rings. The summed E-state index contributed by atoms with van der Waals surface area (Å²) in [6.07, 6.45) is 2.63. The van der Waals surface area contributed by atoms with Crippen molar-refractivity contribution in [2.75, 3.05) is 17.1 Å². The van der Waals surface area contributed by atoms with Gasteiger partial charge in [0.05, 0.1) is 11.9 Å². The lowest BCUT2D eigenvalue weighted by Crippen LogP contribution is -2.52. The van der Waals surface area contributed by atoms with Gasteiger partial charge in [-0.05, 0) is 67.6 Å². The van der Waals surface area contributed by atoms with Crippen LogP contribution in [0.1, 0.15) is 49.8 Å². The third-order valence-corrected chi connectivity index (χ3v) is 8.59. The molecule has 41 heavy (non-hydrogen) atoms. The van der Waals surface area contributed by atoms with E-state index < -0.39 is 16.1 Å². The van der Waals surface area contributed by atoms with Gasteiger partial charge >= 0.3 is 0 Å². The summed E-state index contributed by atoms with van der Waals surface area (Å²) in [6, 6.07) is 23.3. The largest absolute Gasteiger partial charge is 0.352 e. The lowest BCUT2D eigenvalue weighted by atomic mass is 10.0. The minimum Gasteiger partial charge on any atom is -0.352 e. The van der Waals surface area contributed by atoms with Crippen LogP contribution in [0.2, 0.25) is 5.02 Å². The van der Waals surface area contributed by atoms with E-state index in [1.807, 2.05) is 75.4 Å². The molecule has 1 N–H and O–H groups in total. The maximum Gasteiger partial charge on any atom is 0.243 e. The number of halogens is 1. The highest BCUT2D eigenvalue weighted by Gasteiger charge is 2.31. The van der Waals surface area contributed by atoms with Gasteiger partial charge < -0.3 is 10.2 Å². The Morgan fingerprint density at radius 3 is 2.20 bits per heavy atom. The SMILES string of the molecule is CC[C@H](C)NC(=O)[C@H](Cc1ccccc1)N(Cc1ccccc1C)C(=O)CCCN(c1ccc(Cl)cc1)S(C)(=O)=O. The van der Waals surface area contributed by atoms with E-state index in [2.05, 4.69) is 5.32 Å². The van der Waals surface area contributed by atoms with Crippen molar-refractivity contribution in [2.24, 2.45) is 0 Å². The Morgan fingerprint density at radius 2 is 1.59 bits per heavy atom. The van der Waals surface area contributed by atoms with E-state index in [1.165, 1.54) is 4.31 Å². The second-order valence-corrected chi connectivity index (χ2v) is 12.7. The molecule has 0 spiro atoms. The number of benzene rings is 3. The summed E-state index contributed by atoms with van der Waals surface area (Å²) < 4.78 is 26.4. The van der Waals surface area contributed by atoms with E-state index in [0.29, 0.717) is 17.1 Å². The second kappa shape index (κ2) is 15.0. The van der Waals surface area contributed by atoms with Crippen LogP contribution in [-0.2, 0) is 32.6 Å². The van der Waals surface area contributed by atoms with Crippen molar-refractivity contribution >= 4 is 39.1 Å². The van der Waals surface area contributed by atoms with Crippen LogP contribution < -0.4 is 9.62 Å². The van der Waals surface area contributed by atoms with Crippen LogP contribution >= 0.6 is 11.6 Å². The van der Waals surface area contributed by atoms with E-state index in [9.17, 15) is 18.0 Å². The molecule has 0 saturated carbocycles. The Labute approximate surface area is 249 Å². The summed E-state index contributed by atoms with van der Waals surface area (Å²) in [4.78, 5) is 29.2. The third kappa shape index (κ3) is 9.61. The zero-order valence-electron chi connectivity index (χ0n) is 24.2. The van der Waals surface area contributed by atoms with Crippen LogP contribution in [0, 0.1) is 6.92 Å². The van der Waals surface area contributed by atoms with Crippen LogP contribution in [0.5, 0.6) is 0 Å². The first kappa shape index (κ1) is 32.2. The van der Waals surface area contributed by atoms with Crippen molar-refractivity contribution < 1.29 is 18.0 Å². The van der Waals surface area contributed by atoms with Crippen LogP contribution in [0.15, 0.2) is 78.9 Å². The van der Waals surface area contributed by atoms with Gasteiger partial charge in [0.1, 0.15) is 6.04 Å². The number of hydrogen-bond donors (Lipinski definition) is 1. The van der Waals surface area contributed by atoms with Crippen molar-refractivity contribution in [3.8, 4) is 0 Å². The zero-order valence-corrected chi connectivity index (χ0v) is 25.8. The molecule has 0 heterocycles. The Balaban J connectivity index is 1.89. The lowest BCUT2D eigenvalue weighted by molar-refractivity contribution is -0.141. The zero-order chi connectivity index (χ0) is 30.0. The van der Waals surface area contributed by atoms with Crippen LogP contribution in [-0.4, -0.2) is 50.0 Å². The fourth-order valence-corrected chi connectivity index (χ4v) is 5.67. The Hall–Kier alpha value is -3.36. The number of carbonyl (C=O) groups excluding carboxylic acids is 2. The molecular weight excluding hydrogens is 558 g/mol. The van der Waals surface area contributed by atoms with E-state index in [-0.39, 0.29) is 43.8 Å². The molecular formula is C32H40ClN3O4S. The molecule has 0 aliphatic heterocycles. The summed E-state index contributed by atoms with van der Waals surface area (Å²) in [6.45, 7) is 6.32. The van der Waals surface area contributed by atoms with Gasteiger partial charge in [0.2, 0.25) is 21.8 Å². The Morgan fingerprint density at radius 1 is 0.951 bits per heavy atom. The number of sulfonamides is 1. The van der Waals surface area contributed by atoms with Crippen molar-refractivity contribution in [3.63, 3.8) is 0 Å². The van der Waals surface area contributed by atoms with Gasteiger partial charge in [-0.25, -0.2) is 8.42 Å². The molecule has 0 radical (unpaired) electrons. The number of carbonyl (C=O) groups is 2. The van der Waals surface area contributed by atoms with Crippen molar-refractivity contribution in [2.45, 2.75) is 65.1 Å². The minimum atomic E-state index is -3.59. The van der Waals surface area contributed by atoms with Gasteiger partial charge in [-0.1, -0.05) is 73.1 Å². The molecule has 0 aliphatic carbocycles. The van der Waals surface area contributed by atoms with Gasteiger partial charge in [0.15, 0.2) is 0 Å². The number of hydrogen-bond acceptors (Lipinski definition) is 4. The summed E-state index contributed by atoms with van der Waals surface area (Å²) in [7, 11) is -3.59. The van der Waals surface area contributed by atoms with Crippen molar-refractivity contribution in [1.82, 2.24) is 10.2 Å². The fraction of sp³-hybridized carbons (Fsp3) is 0.375. The maximum atomic E-state index is 13.9. The monoisotopic (exact) mass is 597 g/mol. The fourth-order valence-electron chi connectivity index (χ4n) is 4.58. The number of rotatable bonds is 14. The summed E-state index contributed by atoms with van der Waals surface area (Å²) >= 11 is 5.99. The molecule has 3 aromatic carbocycles. The van der Waals surface area contributed by atoms with Gasteiger partial charge in [0, 0.05) is 37.0 Å². The second-order valence-electron chi connectivity index (χ2n) is 10.4. The van der Waals surface area contributed by atoms with Crippen molar-refractivity contribution in [1.29, 1.82) is 0 Å². The molecule has 0 saturated heterocycles. The number of nitrogens with one attached hydrogen (secondary N) is 1. The summed E-state index contributed by atoms with van der Waals surface area (Å²) in [5.41, 5.74) is 3.41. The van der Waals surface area contributed by atoms with E-state index in [4.69, 9.17) is 11.6 Å². The molecule has 0 fully saturated rings. The predicted octanol–water partition coefficient (Wildman–Crippen LogP) is 5.75. The van der Waals surface area contributed by atoms with E-state index >= 15 is 0 Å². The molecule has 0 bridgehead atoms. The molecule has 3 rings (SSSR count). The number of nitrogens with zero attached hydrogens (tertiary/aromatic N) is 2. The lowest BCUT2D eigenvalue weighted by Gasteiger charge is -2.33. The van der Waals surface area contributed by atoms with E-state index in [0.717, 1.165) is 29.4 Å². The topological polar surface area (TPSA) is 86.8 Å². The quantitative estimate of drug-likeness (QED) is 0.256. The summed E-state index contributed by atoms with van der Waals surface area (Å²) in [5.74, 6) is -0.415. The van der Waals surface area contributed by atoms with Gasteiger partial charge in [-0.15, -0.1) is 0 Å². The molecule has 2 amide bonds. The van der Waals surface area contributed by atoms with Crippen molar-refractivity contribution in [3.05, 3.63) is 101 Å². The highest BCUT2D eigenvalue weighted by atomic mass is 35.5. The molecule has 7 nitrogen and oxygen atoms in total. The molecule has 2 atom stereocenters. The van der Waals surface area contributed by atoms with Gasteiger partial charge in [0.25, 0.3) is 0 Å². The van der Waals surface area contributed by atoms with Crippen LogP contribution in [0.3, 0.4) is 0 Å². The maximum absolute atomic E-state index is 13.9. The first-order valence-electron chi connectivity index (χ1n) is 13.9. The molecule has 220 valence electrons. The first-order valence-corrected chi connectivity index (χ1v) is 16.1. The first-order chi connectivity index (χ1) is 19.5. The van der Waals surface area contributed by atoms with Crippen LogP contribution in [0.4, 0.5) is 5.69 Å². The average Bonchev–Trinajstić information content (AvgIpc) is 2.94. The standard InChI is InChI=1S/C32H40ClN3O4S/c1-5-25(3)34-32(38)30(22-26-13-7-6-8-14-26)35(23-27-15-10-9-12-24(27)2)31(37)16-11-21-36(41(4,39)40)29-19-17-28(33)18-20-29/h6-10,12-15,17-20,25,30H,5,11,16,21-23H2,1-4H3,(H,34,38)/t25-,30-/m0/s1. The molecule has 0 unspecified atom stereocenters. The Bertz CT molecular complexity index is 1400. The minimum absolute atomic E-state index is 0.0427. The number of anilines is 1. The van der Waals surface area contributed by atoms with E-state index in [1.54, 1.807) is 29.2 Å². The average molecular weight is 598 g/mol. The van der Waals surface area contributed by atoms with Crippen LogP contribution in [0.25, 0.3) is 0 Å². The molecule has 0 aliphatic rings. The predicted molar refractivity (Wildman–Crippen MR) is 166 cm³/mol. The molecule has 9 heteroatoms. The van der Waals surface area contributed by atoms with Gasteiger partial charge in [-0.2, -0.15) is 0 Å². The third-order valence-electron chi connectivity index (χ3n) is 7.14. The highest BCUT2D eigenvalue weighted by Crippen LogP contribution is 2.22. The number of aryl methyl sites for hydroxylation is 1. The Kier molecular flexibility index (Phi) is 11.8. The van der Waals surface area contributed by atoms with Gasteiger partial charge in [-0.3, -0.25) is 13.9 Å². The molecule has 0 aromatic heterocycles.